The van der Waals surface area contributed by atoms with Crippen molar-refractivity contribution < 1.29 is 9.21 Å². The molecule has 0 aliphatic carbocycles. The van der Waals surface area contributed by atoms with Gasteiger partial charge in [-0.15, -0.1) is 0 Å². The Balaban J connectivity index is 1.79. The zero-order valence-corrected chi connectivity index (χ0v) is 13.9. The monoisotopic (exact) mass is 350 g/mol. The van der Waals surface area contributed by atoms with E-state index in [1.54, 1.807) is 0 Å². The van der Waals surface area contributed by atoms with Gasteiger partial charge in [0.2, 0.25) is 0 Å². The molecule has 1 aliphatic heterocycles. The van der Waals surface area contributed by atoms with Crippen LogP contribution in [0.15, 0.2) is 33.2 Å². The Morgan fingerprint density at radius 3 is 2.76 bits per heavy atom. The van der Waals surface area contributed by atoms with Gasteiger partial charge in [-0.25, -0.2) is 0 Å². The largest absolute Gasteiger partial charge is 0.451 e. The minimum atomic E-state index is -0.0307. The van der Waals surface area contributed by atoms with Crippen LogP contribution < -0.4 is 0 Å². The lowest BCUT2D eigenvalue weighted by molar-refractivity contribution is 0.0630. The molecule has 2 aromatic rings. The van der Waals surface area contributed by atoms with Crippen molar-refractivity contribution in [2.45, 2.75) is 18.9 Å². The molecule has 4 nitrogen and oxygen atoms in total. The second-order valence-corrected chi connectivity index (χ2v) is 6.66. The summed E-state index contributed by atoms with van der Waals surface area (Å²) in [6.07, 6.45) is 2.04. The van der Waals surface area contributed by atoms with Gasteiger partial charge in [0.25, 0.3) is 5.91 Å². The highest BCUT2D eigenvalue weighted by Crippen LogP contribution is 2.25. The van der Waals surface area contributed by atoms with Gasteiger partial charge in [0.15, 0.2) is 5.76 Å². The van der Waals surface area contributed by atoms with Crippen LogP contribution in [0, 0.1) is 0 Å². The van der Waals surface area contributed by atoms with Gasteiger partial charge >= 0.3 is 0 Å². The smallest absolute Gasteiger partial charge is 0.289 e. The van der Waals surface area contributed by atoms with Crippen molar-refractivity contribution >= 4 is 32.8 Å². The third-order valence-corrected chi connectivity index (χ3v) is 4.74. The summed E-state index contributed by atoms with van der Waals surface area (Å²) in [5.74, 6) is 0.390. The van der Waals surface area contributed by atoms with Crippen molar-refractivity contribution in [3.63, 3.8) is 0 Å². The van der Waals surface area contributed by atoms with Gasteiger partial charge in [-0.3, -0.25) is 4.79 Å². The molecular weight excluding hydrogens is 332 g/mol. The number of furan rings is 1. The van der Waals surface area contributed by atoms with Crippen LogP contribution in [-0.2, 0) is 0 Å². The molecule has 1 saturated heterocycles. The van der Waals surface area contributed by atoms with Crippen molar-refractivity contribution in [1.82, 2.24) is 9.80 Å². The van der Waals surface area contributed by atoms with Crippen LogP contribution in [0.1, 0.15) is 23.4 Å². The summed E-state index contributed by atoms with van der Waals surface area (Å²) < 4.78 is 6.66. The molecule has 0 radical (unpaired) electrons. The summed E-state index contributed by atoms with van der Waals surface area (Å²) in [5.41, 5.74) is 0.740. The quantitative estimate of drug-likeness (QED) is 0.833. The molecule has 2 heterocycles. The van der Waals surface area contributed by atoms with Crippen LogP contribution in [0.2, 0.25) is 0 Å². The highest BCUT2D eigenvalue weighted by Gasteiger charge is 2.26. The Hall–Kier alpha value is -1.33. The number of piperidine rings is 1. The minimum Gasteiger partial charge on any atom is -0.451 e. The average molecular weight is 351 g/mol. The van der Waals surface area contributed by atoms with E-state index >= 15 is 0 Å². The first-order valence-corrected chi connectivity index (χ1v) is 7.98. The molecule has 0 saturated carbocycles. The lowest BCUT2D eigenvalue weighted by atomic mass is 10.0. The Bertz CT molecular complexity index is 659. The number of carbonyl (C=O) groups excluding carboxylic acids is 1. The summed E-state index contributed by atoms with van der Waals surface area (Å²) in [6, 6.07) is 7.92. The number of hydrogen-bond donors (Lipinski definition) is 0. The molecule has 112 valence electrons. The molecule has 1 aromatic carbocycles. The molecule has 1 aliphatic rings. The maximum atomic E-state index is 12.6. The summed E-state index contributed by atoms with van der Waals surface area (Å²) >= 11 is 3.42. The number of halogens is 1. The zero-order chi connectivity index (χ0) is 15.0. The maximum Gasteiger partial charge on any atom is 0.289 e. The van der Waals surface area contributed by atoms with E-state index in [0.717, 1.165) is 41.4 Å². The summed E-state index contributed by atoms with van der Waals surface area (Å²) in [4.78, 5) is 16.7. The molecule has 0 N–H and O–H groups in total. The van der Waals surface area contributed by atoms with E-state index in [4.69, 9.17) is 4.42 Å². The van der Waals surface area contributed by atoms with Crippen LogP contribution in [0.5, 0.6) is 0 Å². The van der Waals surface area contributed by atoms with Crippen molar-refractivity contribution in [2.75, 3.05) is 27.2 Å². The van der Waals surface area contributed by atoms with E-state index in [-0.39, 0.29) is 5.91 Å². The molecule has 1 amide bonds. The highest BCUT2D eigenvalue weighted by molar-refractivity contribution is 9.10. The van der Waals surface area contributed by atoms with Crippen molar-refractivity contribution in [2.24, 2.45) is 0 Å². The van der Waals surface area contributed by atoms with Crippen LogP contribution in [0.3, 0.4) is 0 Å². The Labute approximate surface area is 132 Å². The molecule has 1 aromatic heterocycles. The number of carbonyl (C=O) groups is 1. The molecule has 21 heavy (non-hydrogen) atoms. The van der Waals surface area contributed by atoms with Crippen LogP contribution in [-0.4, -0.2) is 48.9 Å². The predicted octanol–water partition coefficient (Wildman–Crippen LogP) is 3.36. The molecule has 0 atom stereocenters. The predicted molar refractivity (Wildman–Crippen MR) is 86.5 cm³/mol. The number of nitrogens with zero attached hydrogens (tertiary/aromatic N) is 2. The van der Waals surface area contributed by atoms with Crippen LogP contribution >= 0.6 is 15.9 Å². The van der Waals surface area contributed by atoms with Crippen LogP contribution in [0.25, 0.3) is 11.0 Å². The Morgan fingerprint density at radius 2 is 2.05 bits per heavy atom. The van der Waals surface area contributed by atoms with Gasteiger partial charge in [0, 0.05) is 22.9 Å². The van der Waals surface area contributed by atoms with Crippen LogP contribution in [0.4, 0.5) is 0 Å². The van der Waals surface area contributed by atoms with E-state index in [1.165, 1.54) is 0 Å². The fourth-order valence-corrected chi connectivity index (χ4v) is 3.17. The first-order chi connectivity index (χ1) is 10.0. The third-order valence-electron chi connectivity index (χ3n) is 4.25. The van der Waals surface area contributed by atoms with E-state index in [1.807, 2.05) is 36.2 Å². The normalized spacial score (nSPS) is 17.3. The lowest BCUT2D eigenvalue weighted by Crippen LogP contribution is -2.44. The molecule has 5 heteroatoms. The molecular formula is C16H19BrN2O2. The number of amides is 1. The van der Waals surface area contributed by atoms with Gasteiger partial charge in [-0.1, -0.05) is 15.9 Å². The van der Waals surface area contributed by atoms with Crippen molar-refractivity contribution in [1.29, 1.82) is 0 Å². The highest BCUT2D eigenvalue weighted by atomic mass is 79.9. The maximum absolute atomic E-state index is 12.6. The van der Waals surface area contributed by atoms with Gasteiger partial charge < -0.3 is 14.2 Å². The molecule has 0 spiro atoms. The van der Waals surface area contributed by atoms with Gasteiger partial charge in [-0.05, 0) is 57.2 Å². The average Bonchev–Trinajstić information content (AvgIpc) is 2.89. The fourth-order valence-electron chi connectivity index (χ4n) is 2.83. The van der Waals surface area contributed by atoms with Crippen molar-refractivity contribution in [3.05, 3.63) is 34.5 Å². The summed E-state index contributed by atoms with van der Waals surface area (Å²) in [5, 5.41) is 0.957. The Morgan fingerprint density at radius 1 is 1.33 bits per heavy atom. The first-order valence-electron chi connectivity index (χ1n) is 7.19. The van der Waals surface area contributed by atoms with E-state index in [2.05, 4.69) is 27.9 Å². The Kier molecular flexibility index (Phi) is 4.04. The zero-order valence-electron chi connectivity index (χ0n) is 12.3. The van der Waals surface area contributed by atoms with E-state index < -0.39 is 0 Å². The standard InChI is InChI=1S/C16H19BrN2O2/c1-18-7-5-13(6-8-18)19(2)16(20)15-9-11-3-4-12(17)10-14(11)21-15/h3-4,9-10,13H,5-8H2,1-2H3. The minimum absolute atomic E-state index is 0.0307. The molecule has 0 unspecified atom stereocenters. The number of rotatable bonds is 2. The molecule has 1 fully saturated rings. The molecule has 0 bridgehead atoms. The van der Waals surface area contributed by atoms with Gasteiger partial charge in [-0.2, -0.15) is 0 Å². The lowest BCUT2D eigenvalue weighted by Gasteiger charge is -2.34. The topological polar surface area (TPSA) is 36.7 Å². The summed E-state index contributed by atoms with van der Waals surface area (Å²) in [7, 11) is 4.00. The number of benzene rings is 1. The second kappa shape index (κ2) is 5.81. The number of fused-ring (bicyclic) bond motifs is 1. The number of hydrogen-bond acceptors (Lipinski definition) is 3. The van der Waals surface area contributed by atoms with Gasteiger partial charge in [0.1, 0.15) is 5.58 Å². The SMILES string of the molecule is CN1CCC(N(C)C(=O)c2cc3ccc(Br)cc3o2)CC1. The third kappa shape index (κ3) is 2.99. The first kappa shape index (κ1) is 14.6. The fraction of sp³-hybridized carbons (Fsp3) is 0.438. The van der Waals surface area contributed by atoms with E-state index in [9.17, 15) is 4.79 Å². The van der Waals surface area contributed by atoms with E-state index in [0.29, 0.717) is 11.8 Å². The molecule has 3 rings (SSSR count). The number of likely N-dealkylation sites (tertiary alicyclic amines) is 1. The van der Waals surface area contributed by atoms with Gasteiger partial charge in [0.05, 0.1) is 0 Å². The second-order valence-electron chi connectivity index (χ2n) is 5.74. The summed E-state index contributed by atoms with van der Waals surface area (Å²) in [6.45, 7) is 2.07. The van der Waals surface area contributed by atoms with Crippen molar-refractivity contribution in [3.8, 4) is 0 Å².